The highest BCUT2D eigenvalue weighted by Crippen LogP contribution is 2.45. The molecular formula is C97H160O16P2. The summed E-state index contributed by atoms with van der Waals surface area (Å²) in [7, 11) is -9.83. The lowest BCUT2D eigenvalue weighted by atomic mass is 10.0. The van der Waals surface area contributed by atoms with Crippen LogP contribution in [0.15, 0.2) is 194 Å². The zero-order chi connectivity index (χ0) is 83.6. The first-order valence-electron chi connectivity index (χ1n) is 44.7. The third-order valence-electron chi connectivity index (χ3n) is 18.3. The molecule has 0 heterocycles. The van der Waals surface area contributed by atoms with Gasteiger partial charge in [-0.2, -0.15) is 0 Å². The van der Waals surface area contributed by atoms with Gasteiger partial charge in [0.05, 0.1) is 26.4 Å². The molecule has 0 bridgehead atoms. The minimum atomic E-state index is -4.96. The standard InChI is InChI=1S/C97H160O16P2/c1-4-7-10-13-16-19-22-25-28-31-34-37-39-40-41-42-43-44-45-46-47-48-49-50-52-55-56-59-62-65-68-71-74-77-80-83-95(100)107-86-92(98)87-109-114(103,104)110-88-93(99)89-111-115(105,106)112-91-94(113-97(102)85-82-79-76-73-70-67-64-61-58-53-36-33-30-27-24-21-18-15-12-9-6-3)90-108-96(101)84-81-78-75-72-69-66-63-60-57-54-51-38-35-32-29-26-23-20-17-14-11-8-5-2/h7-12,16-21,25-30,34-38,40-41,53-54,57,61,64,70,73,92-94,98-99H,4-6,13-15,22-24,31-33,39,42-52,55-56,58-60,62-63,65-69,71-72,74-91H2,1-3H3,(H,103,104)(H,105,106)/b10-7-,11-8-,12-9-,19-16-,20-17-,21-18-,28-25-,29-26-,30-27-,37-34-,38-35-,41-40-,53-36-,57-54-,64-61-,73-70-. The molecule has 0 saturated carbocycles. The Labute approximate surface area is 699 Å². The molecule has 4 N–H and O–H groups in total. The van der Waals surface area contributed by atoms with E-state index >= 15 is 0 Å². The molecule has 0 aliphatic carbocycles. The van der Waals surface area contributed by atoms with Crippen LogP contribution in [0.4, 0.5) is 0 Å². The number of aliphatic hydroxyl groups is 2. The van der Waals surface area contributed by atoms with E-state index in [0.717, 1.165) is 173 Å². The Morgan fingerprint density at radius 3 is 0.704 bits per heavy atom. The Morgan fingerprint density at radius 1 is 0.243 bits per heavy atom. The molecule has 654 valence electrons. The lowest BCUT2D eigenvalue weighted by Crippen LogP contribution is -2.30. The van der Waals surface area contributed by atoms with Gasteiger partial charge in [-0.1, -0.05) is 356 Å². The Morgan fingerprint density at radius 2 is 0.435 bits per heavy atom. The molecule has 0 aliphatic rings. The summed E-state index contributed by atoms with van der Waals surface area (Å²) in [6.45, 7) is 2.29. The van der Waals surface area contributed by atoms with E-state index in [2.05, 4.69) is 215 Å². The van der Waals surface area contributed by atoms with Crippen molar-refractivity contribution >= 4 is 33.6 Å². The van der Waals surface area contributed by atoms with Crippen molar-refractivity contribution in [3.8, 4) is 0 Å². The first-order valence-corrected chi connectivity index (χ1v) is 47.7. The summed E-state index contributed by atoms with van der Waals surface area (Å²) in [5, 5.41) is 20.7. The molecule has 0 aliphatic heterocycles. The fourth-order valence-corrected chi connectivity index (χ4v) is 13.2. The van der Waals surface area contributed by atoms with Crippen molar-refractivity contribution in [3.05, 3.63) is 194 Å². The molecule has 0 fully saturated rings. The lowest BCUT2D eigenvalue weighted by molar-refractivity contribution is -0.161. The lowest BCUT2D eigenvalue weighted by Gasteiger charge is -2.21. The quantitative estimate of drug-likeness (QED) is 0.0146. The molecular weight excluding hydrogens is 1480 g/mol. The summed E-state index contributed by atoms with van der Waals surface area (Å²) in [5.41, 5.74) is 0. The van der Waals surface area contributed by atoms with Gasteiger partial charge < -0.3 is 34.2 Å². The molecule has 115 heavy (non-hydrogen) atoms. The van der Waals surface area contributed by atoms with Crippen LogP contribution in [0, 0.1) is 0 Å². The molecule has 0 aromatic carbocycles. The molecule has 0 aromatic heterocycles. The number of carbonyl (C=O) groups excluding carboxylic acids is 3. The van der Waals surface area contributed by atoms with Gasteiger partial charge in [0.1, 0.15) is 25.4 Å². The Balaban J connectivity index is 4.56. The van der Waals surface area contributed by atoms with Gasteiger partial charge in [0, 0.05) is 19.3 Å². The summed E-state index contributed by atoms with van der Waals surface area (Å²) in [6, 6.07) is 0. The number of aliphatic hydroxyl groups excluding tert-OH is 2. The zero-order valence-corrected chi connectivity index (χ0v) is 73.7. The van der Waals surface area contributed by atoms with E-state index in [4.69, 9.17) is 32.3 Å². The van der Waals surface area contributed by atoms with E-state index in [1.54, 1.807) is 0 Å². The van der Waals surface area contributed by atoms with Crippen LogP contribution in [-0.4, -0.2) is 95.9 Å². The maximum Gasteiger partial charge on any atom is 0.472 e. The number of carbonyl (C=O) groups is 3. The number of phosphoric ester groups is 2. The minimum absolute atomic E-state index is 0.0400. The van der Waals surface area contributed by atoms with Crippen molar-refractivity contribution in [2.45, 2.75) is 360 Å². The smallest absolute Gasteiger partial charge is 0.463 e. The second kappa shape index (κ2) is 87.7. The largest absolute Gasteiger partial charge is 0.472 e. The fraction of sp³-hybridized carbons (Fsp3) is 0.639. The molecule has 0 amide bonds. The van der Waals surface area contributed by atoms with E-state index in [9.17, 15) is 43.5 Å². The summed E-state index contributed by atoms with van der Waals surface area (Å²) in [5.74, 6) is -1.64. The summed E-state index contributed by atoms with van der Waals surface area (Å²) >= 11 is 0. The van der Waals surface area contributed by atoms with Crippen molar-refractivity contribution < 1.29 is 75.8 Å². The van der Waals surface area contributed by atoms with E-state index in [-0.39, 0.29) is 19.3 Å². The highest BCUT2D eigenvalue weighted by Gasteiger charge is 2.29. The van der Waals surface area contributed by atoms with Gasteiger partial charge in [0.2, 0.25) is 0 Å². The van der Waals surface area contributed by atoms with Crippen LogP contribution in [0.25, 0.3) is 0 Å². The fourth-order valence-electron chi connectivity index (χ4n) is 11.6. The molecule has 0 saturated heterocycles. The van der Waals surface area contributed by atoms with Crippen LogP contribution in [-0.2, 0) is 55.8 Å². The predicted octanol–water partition coefficient (Wildman–Crippen LogP) is 27.4. The van der Waals surface area contributed by atoms with Crippen molar-refractivity contribution in [1.82, 2.24) is 0 Å². The van der Waals surface area contributed by atoms with Crippen LogP contribution >= 0.6 is 15.6 Å². The number of unbranched alkanes of at least 4 members (excludes halogenated alkanes) is 28. The van der Waals surface area contributed by atoms with Crippen molar-refractivity contribution in [3.63, 3.8) is 0 Å². The Hall–Kier alpha value is -5.61. The van der Waals surface area contributed by atoms with Crippen LogP contribution in [0.2, 0.25) is 0 Å². The second-order valence-electron chi connectivity index (χ2n) is 29.3. The number of esters is 3. The van der Waals surface area contributed by atoms with Crippen LogP contribution in [0.3, 0.4) is 0 Å². The first kappa shape index (κ1) is 109. The minimum Gasteiger partial charge on any atom is -0.463 e. The average Bonchev–Trinajstić information content (AvgIpc) is 0.900. The maximum atomic E-state index is 13.0. The molecule has 0 aromatic rings. The number of rotatable bonds is 83. The third kappa shape index (κ3) is 89.0. The van der Waals surface area contributed by atoms with Gasteiger partial charge >= 0.3 is 33.6 Å². The number of phosphoric acid groups is 2. The topological polar surface area (TPSA) is 231 Å². The summed E-state index contributed by atoms with van der Waals surface area (Å²) in [4.78, 5) is 58.9. The van der Waals surface area contributed by atoms with Gasteiger partial charge in [-0.05, 0) is 161 Å². The van der Waals surface area contributed by atoms with Gasteiger partial charge in [0.15, 0.2) is 6.10 Å². The second-order valence-corrected chi connectivity index (χ2v) is 32.2. The number of allylic oxidation sites excluding steroid dienone is 32. The maximum absolute atomic E-state index is 13.0. The van der Waals surface area contributed by atoms with Crippen LogP contribution < -0.4 is 0 Å². The van der Waals surface area contributed by atoms with E-state index in [1.165, 1.54) is 103 Å². The van der Waals surface area contributed by atoms with Gasteiger partial charge in [0.25, 0.3) is 0 Å². The average molecular weight is 1640 g/mol. The highest BCUT2D eigenvalue weighted by molar-refractivity contribution is 7.47. The summed E-state index contributed by atoms with van der Waals surface area (Å²) < 4.78 is 61.3. The van der Waals surface area contributed by atoms with Crippen LogP contribution in [0.1, 0.15) is 342 Å². The molecule has 5 unspecified atom stereocenters. The molecule has 18 heteroatoms. The number of hydrogen-bond acceptors (Lipinski definition) is 14. The van der Waals surface area contributed by atoms with Crippen LogP contribution in [0.5, 0.6) is 0 Å². The first-order chi connectivity index (χ1) is 56.2. The SMILES string of the molecule is CC/C=C\C/C=C\C/C=C\C/C=C\C/C=C\C/C=C\CCCCC(=O)OC(COC(=O)CCCCCCCCC/C=C\C/C=C\C/C=C\C/C=C\C/C=C\CC)COP(=O)(O)OCC(O)COP(=O)(O)OCC(O)COC(=O)CCCCCCCCCCCCCCCCCCCCC/C=C\C/C=C\C/C=C\C/C=C\C/C=C\CC. The molecule has 16 nitrogen and oxygen atoms in total. The van der Waals surface area contributed by atoms with Gasteiger partial charge in [-0.25, -0.2) is 9.13 Å². The third-order valence-corrected chi connectivity index (χ3v) is 20.2. The number of ether oxygens (including phenoxy) is 3. The van der Waals surface area contributed by atoms with Crippen molar-refractivity contribution in [1.29, 1.82) is 0 Å². The highest BCUT2D eigenvalue weighted by atomic mass is 31.2. The van der Waals surface area contributed by atoms with Gasteiger partial charge in [-0.3, -0.25) is 32.5 Å². The van der Waals surface area contributed by atoms with E-state index in [1.807, 2.05) is 0 Å². The molecule has 0 spiro atoms. The zero-order valence-electron chi connectivity index (χ0n) is 71.9. The number of hydrogen-bond donors (Lipinski definition) is 4. The van der Waals surface area contributed by atoms with Crippen molar-refractivity contribution in [2.75, 3.05) is 39.6 Å². The van der Waals surface area contributed by atoms with E-state index < -0.39 is 91.5 Å². The van der Waals surface area contributed by atoms with E-state index in [0.29, 0.717) is 25.7 Å². The van der Waals surface area contributed by atoms with Gasteiger partial charge in [-0.15, -0.1) is 0 Å². The molecule has 5 atom stereocenters. The Kier molecular flexibility index (Phi) is 83.4. The normalized spacial score (nSPS) is 14.7. The Bertz CT molecular complexity index is 2870. The molecule has 0 radical (unpaired) electrons. The summed E-state index contributed by atoms with van der Waals surface area (Å²) in [6.07, 6.45) is 116. The molecule has 0 rings (SSSR count). The predicted molar refractivity (Wildman–Crippen MR) is 481 cm³/mol. The van der Waals surface area contributed by atoms with Crippen molar-refractivity contribution in [2.24, 2.45) is 0 Å². The monoisotopic (exact) mass is 1640 g/mol.